The number of carboxylic acids is 1. The number of anilines is 1. The van der Waals surface area contributed by atoms with E-state index in [0.29, 0.717) is 12.2 Å². The molecule has 0 aliphatic carbocycles. The average Bonchev–Trinajstić information content (AvgIpc) is 2.33. The zero-order valence-electron chi connectivity index (χ0n) is 12.4. The van der Waals surface area contributed by atoms with Crippen LogP contribution in [0.4, 0.5) is 10.5 Å². The average molecular weight is 292 g/mol. The zero-order valence-corrected chi connectivity index (χ0v) is 12.4. The van der Waals surface area contributed by atoms with E-state index < -0.39 is 17.3 Å². The highest BCUT2D eigenvalue weighted by atomic mass is 16.4. The monoisotopic (exact) mass is 292 g/mol. The van der Waals surface area contributed by atoms with E-state index in [1.165, 1.54) is 18.2 Å². The summed E-state index contributed by atoms with van der Waals surface area (Å²) in [6.45, 7) is 9.66. The molecule has 0 radical (unpaired) electrons. The van der Waals surface area contributed by atoms with Crippen molar-refractivity contribution in [3.05, 3.63) is 36.4 Å². The fourth-order valence-corrected chi connectivity index (χ4v) is 1.77. The minimum atomic E-state index is -1.23. The van der Waals surface area contributed by atoms with Crippen LogP contribution in [0, 0.1) is 0 Å². The number of aromatic carboxylic acids is 1. The molecule has 1 rings (SSSR count). The number of carbonyl (C=O) groups excluding carboxylic acids is 1. The van der Waals surface area contributed by atoms with Gasteiger partial charge < -0.3 is 20.4 Å². The van der Waals surface area contributed by atoms with Crippen LogP contribution in [0.25, 0.3) is 0 Å². The Morgan fingerprint density at radius 2 is 2.00 bits per heavy atom. The molecule has 2 amide bonds. The fourth-order valence-electron chi connectivity index (χ4n) is 1.77. The predicted octanol–water partition coefficient (Wildman–Crippen LogP) is 2.91. The van der Waals surface area contributed by atoms with E-state index in [-0.39, 0.29) is 11.6 Å². The maximum absolute atomic E-state index is 12.2. The summed E-state index contributed by atoms with van der Waals surface area (Å²) in [5.41, 5.74) is -0.297. The molecule has 0 unspecified atom stereocenters. The van der Waals surface area contributed by atoms with Crippen molar-refractivity contribution < 1.29 is 19.8 Å². The van der Waals surface area contributed by atoms with Crippen molar-refractivity contribution in [2.24, 2.45) is 0 Å². The normalized spacial score (nSPS) is 10.8. The van der Waals surface area contributed by atoms with Crippen LogP contribution in [-0.4, -0.2) is 39.2 Å². The molecule has 0 fully saturated rings. The lowest BCUT2D eigenvalue weighted by molar-refractivity contribution is 0.0693. The second-order valence-electron chi connectivity index (χ2n) is 5.54. The highest BCUT2D eigenvalue weighted by Gasteiger charge is 2.25. The number of benzene rings is 1. The number of carbonyl (C=O) groups is 2. The van der Waals surface area contributed by atoms with Gasteiger partial charge in [-0.25, -0.2) is 9.59 Å². The first kappa shape index (κ1) is 16.6. The highest BCUT2D eigenvalue weighted by molar-refractivity contribution is 5.94. The summed E-state index contributed by atoms with van der Waals surface area (Å²) >= 11 is 0. The van der Waals surface area contributed by atoms with E-state index in [1.54, 1.807) is 11.0 Å². The molecule has 0 spiro atoms. The summed E-state index contributed by atoms with van der Waals surface area (Å²) in [5, 5.41) is 21.1. The topological polar surface area (TPSA) is 89.9 Å². The van der Waals surface area contributed by atoms with Gasteiger partial charge >= 0.3 is 12.0 Å². The van der Waals surface area contributed by atoms with Crippen LogP contribution in [0.3, 0.4) is 0 Å². The van der Waals surface area contributed by atoms with Gasteiger partial charge in [0.05, 0.1) is 0 Å². The molecule has 0 saturated carbocycles. The molecule has 1 aromatic carbocycles. The molecule has 0 aliphatic rings. The van der Waals surface area contributed by atoms with Crippen molar-refractivity contribution in [1.82, 2.24) is 4.90 Å². The van der Waals surface area contributed by atoms with Crippen LogP contribution in [0.1, 0.15) is 31.1 Å². The van der Waals surface area contributed by atoms with Crippen molar-refractivity contribution in [3.63, 3.8) is 0 Å². The number of rotatable bonds is 4. The molecule has 0 heterocycles. The third kappa shape index (κ3) is 4.24. The summed E-state index contributed by atoms with van der Waals surface area (Å²) in [6.07, 6.45) is 1.62. The third-order valence-corrected chi connectivity index (χ3v) is 2.85. The minimum absolute atomic E-state index is 0.216. The second-order valence-corrected chi connectivity index (χ2v) is 5.54. The summed E-state index contributed by atoms with van der Waals surface area (Å²) in [7, 11) is 0. The number of phenols is 1. The van der Waals surface area contributed by atoms with Crippen LogP contribution in [-0.2, 0) is 0 Å². The van der Waals surface area contributed by atoms with Crippen molar-refractivity contribution >= 4 is 17.7 Å². The van der Waals surface area contributed by atoms with Gasteiger partial charge in [-0.05, 0) is 32.9 Å². The molecule has 0 aliphatic heterocycles. The lowest BCUT2D eigenvalue weighted by Gasteiger charge is -2.34. The van der Waals surface area contributed by atoms with Gasteiger partial charge in [0.15, 0.2) is 0 Å². The van der Waals surface area contributed by atoms with Gasteiger partial charge in [0.2, 0.25) is 0 Å². The lowest BCUT2D eigenvalue weighted by Crippen LogP contribution is -2.47. The smallest absolute Gasteiger partial charge is 0.339 e. The molecule has 0 atom stereocenters. The Labute approximate surface area is 123 Å². The molecule has 0 bridgehead atoms. The first-order valence-electron chi connectivity index (χ1n) is 6.42. The van der Waals surface area contributed by atoms with E-state index >= 15 is 0 Å². The number of amides is 2. The number of aromatic hydroxyl groups is 1. The number of urea groups is 1. The van der Waals surface area contributed by atoms with Crippen LogP contribution >= 0.6 is 0 Å². The zero-order chi connectivity index (χ0) is 16.2. The molecular weight excluding hydrogens is 272 g/mol. The Morgan fingerprint density at radius 3 is 2.43 bits per heavy atom. The SMILES string of the molecule is C=CCN(C(=O)Nc1ccc(C(=O)O)c(O)c1)C(C)(C)C. The van der Waals surface area contributed by atoms with Crippen molar-refractivity contribution in [2.75, 3.05) is 11.9 Å². The Balaban J connectivity index is 2.94. The maximum Gasteiger partial charge on any atom is 0.339 e. The molecule has 6 nitrogen and oxygen atoms in total. The van der Waals surface area contributed by atoms with Gasteiger partial charge in [-0.3, -0.25) is 0 Å². The minimum Gasteiger partial charge on any atom is -0.507 e. The molecule has 3 N–H and O–H groups in total. The number of nitrogens with zero attached hydrogens (tertiary/aromatic N) is 1. The first-order chi connectivity index (χ1) is 9.66. The van der Waals surface area contributed by atoms with E-state index in [0.717, 1.165) is 0 Å². The summed E-state index contributed by atoms with van der Waals surface area (Å²) < 4.78 is 0. The van der Waals surface area contributed by atoms with E-state index in [4.69, 9.17) is 5.11 Å². The van der Waals surface area contributed by atoms with Crippen LogP contribution < -0.4 is 5.32 Å². The molecule has 0 saturated heterocycles. The van der Waals surface area contributed by atoms with Crippen LogP contribution in [0.15, 0.2) is 30.9 Å². The number of nitrogens with one attached hydrogen (secondary N) is 1. The molecule has 0 aromatic heterocycles. The molecule has 6 heteroatoms. The predicted molar refractivity (Wildman–Crippen MR) is 80.7 cm³/mol. The quantitative estimate of drug-likeness (QED) is 0.744. The number of hydrogen-bond donors (Lipinski definition) is 3. The molecule has 21 heavy (non-hydrogen) atoms. The van der Waals surface area contributed by atoms with Crippen LogP contribution in [0.5, 0.6) is 5.75 Å². The standard InChI is InChI=1S/C15H20N2O4/c1-5-8-17(15(2,3)4)14(21)16-10-6-7-11(13(19)20)12(18)9-10/h5-7,9,18H,1,8H2,2-4H3,(H,16,21)(H,19,20). The third-order valence-electron chi connectivity index (χ3n) is 2.85. The Morgan fingerprint density at radius 1 is 1.38 bits per heavy atom. The van der Waals surface area contributed by atoms with Gasteiger partial charge in [0.25, 0.3) is 0 Å². The number of hydrogen-bond acceptors (Lipinski definition) is 3. The Hall–Kier alpha value is -2.50. The molecular formula is C15H20N2O4. The highest BCUT2D eigenvalue weighted by Crippen LogP contribution is 2.23. The lowest BCUT2D eigenvalue weighted by atomic mass is 10.1. The largest absolute Gasteiger partial charge is 0.507 e. The van der Waals surface area contributed by atoms with Crippen LogP contribution in [0.2, 0.25) is 0 Å². The van der Waals surface area contributed by atoms with E-state index in [9.17, 15) is 14.7 Å². The summed E-state index contributed by atoms with van der Waals surface area (Å²) in [6, 6.07) is 3.51. The van der Waals surface area contributed by atoms with Crippen molar-refractivity contribution in [1.29, 1.82) is 0 Å². The van der Waals surface area contributed by atoms with E-state index in [1.807, 2.05) is 20.8 Å². The first-order valence-corrected chi connectivity index (χ1v) is 6.42. The van der Waals surface area contributed by atoms with Gasteiger partial charge in [-0.15, -0.1) is 6.58 Å². The van der Waals surface area contributed by atoms with Gasteiger partial charge in [-0.1, -0.05) is 6.08 Å². The Kier molecular flexibility index (Phi) is 4.97. The fraction of sp³-hybridized carbons (Fsp3) is 0.333. The van der Waals surface area contributed by atoms with E-state index in [2.05, 4.69) is 11.9 Å². The second kappa shape index (κ2) is 6.30. The molecule has 114 valence electrons. The van der Waals surface area contributed by atoms with Gasteiger partial charge in [-0.2, -0.15) is 0 Å². The summed E-state index contributed by atoms with van der Waals surface area (Å²) in [5.74, 6) is -1.63. The van der Waals surface area contributed by atoms with Gasteiger partial charge in [0.1, 0.15) is 11.3 Å². The maximum atomic E-state index is 12.2. The Bertz CT molecular complexity index is 561. The molecule has 1 aromatic rings. The van der Waals surface area contributed by atoms with Crippen molar-refractivity contribution in [2.45, 2.75) is 26.3 Å². The van der Waals surface area contributed by atoms with Gasteiger partial charge in [0, 0.05) is 23.8 Å². The summed E-state index contributed by atoms with van der Waals surface area (Å²) in [4.78, 5) is 24.6. The van der Waals surface area contributed by atoms with Crippen molar-refractivity contribution in [3.8, 4) is 5.75 Å². The number of carboxylic acid groups (broad SMARTS) is 1.